The zero-order chi connectivity index (χ0) is 25.4. The van der Waals surface area contributed by atoms with Crippen LogP contribution in [0.2, 0.25) is 5.02 Å². The predicted octanol–water partition coefficient (Wildman–Crippen LogP) is 6.51. The molecule has 0 atom stereocenters. The van der Waals surface area contributed by atoms with Crippen LogP contribution in [0.3, 0.4) is 0 Å². The zero-order valence-electron chi connectivity index (χ0n) is 20.8. The van der Waals surface area contributed by atoms with E-state index in [1.165, 1.54) is 0 Å². The van der Waals surface area contributed by atoms with Crippen LogP contribution in [0, 0.1) is 0 Å². The molecule has 2 aromatic heterocycles. The van der Waals surface area contributed by atoms with E-state index in [0.717, 1.165) is 38.9 Å². The van der Waals surface area contributed by atoms with Crippen molar-refractivity contribution < 1.29 is 9.90 Å². The van der Waals surface area contributed by atoms with E-state index in [-0.39, 0.29) is 17.4 Å². The summed E-state index contributed by atoms with van der Waals surface area (Å²) < 4.78 is 0. The molecule has 5 rings (SSSR count). The summed E-state index contributed by atoms with van der Waals surface area (Å²) in [6.45, 7) is 7.58. The van der Waals surface area contributed by atoms with Gasteiger partial charge in [-0.15, -0.1) is 0 Å². The van der Waals surface area contributed by atoms with Gasteiger partial charge in [-0.25, -0.2) is 0 Å². The molecule has 1 saturated heterocycles. The van der Waals surface area contributed by atoms with Crippen molar-refractivity contribution >= 4 is 28.4 Å². The Morgan fingerprint density at radius 2 is 1.72 bits per heavy atom. The van der Waals surface area contributed by atoms with Crippen LogP contribution >= 0.6 is 11.6 Å². The zero-order valence-corrected chi connectivity index (χ0v) is 21.6. The van der Waals surface area contributed by atoms with Gasteiger partial charge >= 0.3 is 0 Å². The molecule has 1 N–H and O–H groups in total. The van der Waals surface area contributed by atoms with Crippen molar-refractivity contribution in [2.24, 2.45) is 0 Å². The van der Waals surface area contributed by atoms with Gasteiger partial charge in [0.15, 0.2) is 0 Å². The van der Waals surface area contributed by atoms with E-state index in [9.17, 15) is 9.90 Å². The van der Waals surface area contributed by atoms with Gasteiger partial charge in [-0.05, 0) is 72.0 Å². The van der Waals surface area contributed by atoms with Gasteiger partial charge in [0.05, 0.1) is 11.6 Å². The number of fused-ring (bicyclic) bond motifs is 1. The standard InChI is InChI=1S/C30H30ClN3O2/c1-30(2,3)28-18-19(8-12-33-28)25-15-21(17-27-24(25)5-4-11-32-27)23-7-6-20(16-26(23)31)29(36)34-13-9-22(35)10-14-34/h4-8,11-12,15-18,22,35H,9-10,13-14H2,1-3H3. The lowest BCUT2D eigenvalue weighted by molar-refractivity contribution is 0.0546. The van der Waals surface area contributed by atoms with Crippen LogP contribution in [-0.4, -0.2) is 45.1 Å². The maximum absolute atomic E-state index is 13.0. The van der Waals surface area contributed by atoms with Crippen LogP contribution in [0.15, 0.2) is 67.0 Å². The minimum atomic E-state index is -0.324. The number of aliphatic hydroxyl groups is 1. The maximum atomic E-state index is 13.0. The highest BCUT2D eigenvalue weighted by Gasteiger charge is 2.23. The molecule has 184 valence electrons. The molecule has 3 heterocycles. The number of nitrogens with zero attached hydrogens (tertiary/aromatic N) is 3. The molecule has 4 aromatic rings. The Morgan fingerprint density at radius 1 is 0.944 bits per heavy atom. The summed E-state index contributed by atoms with van der Waals surface area (Å²) in [4.78, 5) is 24.0. The number of rotatable bonds is 3. The van der Waals surface area contributed by atoms with Gasteiger partial charge in [-0.3, -0.25) is 14.8 Å². The summed E-state index contributed by atoms with van der Waals surface area (Å²) in [5.74, 6) is -0.0530. The fourth-order valence-electron chi connectivity index (χ4n) is 4.72. The number of carbonyl (C=O) groups is 1. The van der Waals surface area contributed by atoms with Crippen LogP contribution < -0.4 is 0 Å². The highest BCUT2D eigenvalue weighted by atomic mass is 35.5. The predicted molar refractivity (Wildman–Crippen MR) is 145 cm³/mol. The van der Waals surface area contributed by atoms with Gasteiger partial charge in [0, 0.05) is 58.1 Å². The van der Waals surface area contributed by atoms with E-state index in [0.29, 0.717) is 36.5 Å². The number of benzene rings is 2. The highest BCUT2D eigenvalue weighted by Crippen LogP contribution is 2.37. The van der Waals surface area contributed by atoms with Gasteiger partial charge < -0.3 is 10.0 Å². The largest absolute Gasteiger partial charge is 0.393 e. The highest BCUT2D eigenvalue weighted by molar-refractivity contribution is 6.33. The minimum Gasteiger partial charge on any atom is -0.393 e. The molecule has 0 unspecified atom stereocenters. The second-order valence-electron chi connectivity index (χ2n) is 10.5. The van der Waals surface area contributed by atoms with Crippen LogP contribution in [0.4, 0.5) is 0 Å². The Morgan fingerprint density at radius 3 is 2.44 bits per heavy atom. The van der Waals surface area contributed by atoms with Gasteiger partial charge in [0.25, 0.3) is 5.91 Å². The quantitative estimate of drug-likeness (QED) is 0.349. The van der Waals surface area contributed by atoms with Crippen molar-refractivity contribution in [3.05, 3.63) is 83.3 Å². The number of halogens is 1. The van der Waals surface area contributed by atoms with Crippen molar-refractivity contribution in [3.8, 4) is 22.3 Å². The molecule has 1 amide bonds. The fraction of sp³-hybridized carbons (Fsp3) is 0.300. The molecule has 2 aromatic carbocycles. The molecule has 0 spiro atoms. The molecule has 1 aliphatic heterocycles. The molecular weight excluding hydrogens is 470 g/mol. The van der Waals surface area contributed by atoms with Crippen molar-refractivity contribution in [3.63, 3.8) is 0 Å². The number of hydrogen-bond donors (Lipinski definition) is 1. The molecule has 0 aliphatic carbocycles. The molecular formula is C30H30ClN3O2. The topological polar surface area (TPSA) is 66.3 Å². The third-order valence-corrected chi connectivity index (χ3v) is 7.15. The lowest BCUT2D eigenvalue weighted by Gasteiger charge is -2.29. The number of carbonyl (C=O) groups excluding carboxylic acids is 1. The second kappa shape index (κ2) is 9.64. The first-order valence-electron chi connectivity index (χ1n) is 12.3. The van der Waals surface area contributed by atoms with Crippen LogP contribution in [0.5, 0.6) is 0 Å². The fourth-order valence-corrected chi connectivity index (χ4v) is 5.01. The normalized spacial score (nSPS) is 14.9. The Kier molecular flexibility index (Phi) is 6.54. The first kappa shape index (κ1) is 24.4. The third-order valence-electron chi connectivity index (χ3n) is 6.84. The Labute approximate surface area is 216 Å². The monoisotopic (exact) mass is 499 g/mol. The van der Waals surface area contributed by atoms with Crippen molar-refractivity contribution in [1.29, 1.82) is 0 Å². The molecule has 1 aliphatic rings. The lowest BCUT2D eigenvalue weighted by Crippen LogP contribution is -2.40. The second-order valence-corrected chi connectivity index (χ2v) is 10.9. The SMILES string of the molecule is CC(C)(C)c1cc(-c2cc(-c3ccc(C(=O)N4CCC(O)CC4)cc3Cl)cc3ncccc23)ccn1. The van der Waals surface area contributed by atoms with Crippen LogP contribution in [-0.2, 0) is 5.41 Å². The molecule has 0 bridgehead atoms. The van der Waals surface area contributed by atoms with E-state index in [2.05, 4.69) is 48.9 Å². The smallest absolute Gasteiger partial charge is 0.253 e. The molecule has 1 fully saturated rings. The average molecular weight is 500 g/mol. The van der Waals surface area contributed by atoms with Crippen molar-refractivity contribution in [1.82, 2.24) is 14.9 Å². The first-order valence-corrected chi connectivity index (χ1v) is 12.7. The minimum absolute atomic E-state index is 0.0530. The number of likely N-dealkylation sites (tertiary alicyclic amines) is 1. The number of aromatic nitrogens is 2. The van der Waals surface area contributed by atoms with Crippen LogP contribution in [0.1, 0.15) is 49.7 Å². The summed E-state index contributed by atoms with van der Waals surface area (Å²) >= 11 is 6.76. The molecule has 6 heteroatoms. The van der Waals surface area contributed by atoms with Crippen molar-refractivity contribution in [2.75, 3.05) is 13.1 Å². The van der Waals surface area contributed by atoms with Gasteiger partial charge in [0.1, 0.15) is 0 Å². The Hall–Kier alpha value is -3.28. The third kappa shape index (κ3) is 4.86. The summed E-state index contributed by atoms with van der Waals surface area (Å²) in [7, 11) is 0. The van der Waals surface area contributed by atoms with Gasteiger partial charge in [0.2, 0.25) is 0 Å². The number of aliphatic hydroxyl groups excluding tert-OH is 1. The molecule has 36 heavy (non-hydrogen) atoms. The van der Waals surface area contributed by atoms with E-state index in [1.54, 1.807) is 17.2 Å². The number of amides is 1. The summed E-state index contributed by atoms with van der Waals surface area (Å²) in [5, 5.41) is 11.3. The molecule has 0 saturated carbocycles. The van der Waals surface area contributed by atoms with Gasteiger partial charge in [-0.2, -0.15) is 0 Å². The van der Waals surface area contributed by atoms with Crippen LogP contribution in [0.25, 0.3) is 33.2 Å². The first-order chi connectivity index (χ1) is 17.2. The van der Waals surface area contributed by atoms with Gasteiger partial charge in [-0.1, -0.05) is 44.5 Å². The Bertz CT molecular complexity index is 1440. The Balaban J connectivity index is 1.56. The number of hydrogen-bond acceptors (Lipinski definition) is 4. The maximum Gasteiger partial charge on any atom is 0.253 e. The lowest BCUT2D eigenvalue weighted by atomic mass is 9.88. The molecule has 0 radical (unpaired) electrons. The van der Waals surface area contributed by atoms with E-state index in [4.69, 9.17) is 11.6 Å². The summed E-state index contributed by atoms with van der Waals surface area (Å²) in [6.07, 6.45) is 4.54. The summed E-state index contributed by atoms with van der Waals surface area (Å²) in [6, 6.07) is 17.9. The van der Waals surface area contributed by atoms with E-state index < -0.39 is 0 Å². The summed E-state index contributed by atoms with van der Waals surface area (Å²) in [5.41, 5.74) is 6.31. The number of pyridine rings is 2. The van der Waals surface area contributed by atoms with Crippen molar-refractivity contribution in [2.45, 2.75) is 45.1 Å². The number of piperidine rings is 1. The average Bonchev–Trinajstić information content (AvgIpc) is 2.87. The molecule has 5 nitrogen and oxygen atoms in total. The van der Waals surface area contributed by atoms with E-state index >= 15 is 0 Å². The van der Waals surface area contributed by atoms with E-state index in [1.807, 2.05) is 36.5 Å².